The Morgan fingerprint density at radius 3 is 2.52 bits per heavy atom. The number of benzene rings is 1. The second-order valence-electron chi connectivity index (χ2n) is 5.25. The van der Waals surface area contributed by atoms with Gasteiger partial charge in [-0.2, -0.15) is 4.98 Å². The molecule has 0 saturated heterocycles. The van der Waals surface area contributed by atoms with Crippen LogP contribution in [0.15, 0.2) is 39.4 Å². The Balaban J connectivity index is 0.00000192. The van der Waals surface area contributed by atoms with Gasteiger partial charge in [-0.25, -0.2) is 0 Å². The van der Waals surface area contributed by atoms with Gasteiger partial charge in [0.2, 0.25) is 11.6 Å². The maximum atomic E-state index is 5.59. The van der Waals surface area contributed by atoms with Crippen LogP contribution in [0.1, 0.15) is 37.4 Å². The molecule has 0 amide bonds. The van der Waals surface area contributed by atoms with Crippen LogP contribution >= 0.6 is 12.4 Å². The fourth-order valence-corrected chi connectivity index (χ4v) is 2.06. The third kappa shape index (κ3) is 3.60. The molecule has 0 aliphatic rings. The van der Waals surface area contributed by atoms with Gasteiger partial charge in [-0.3, -0.25) is 0 Å². The minimum absolute atomic E-state index is 0. The van der Waals surface area contributed by atoms with E-state index in [2.05, 4.69) is 29.1 Å². The minimum atomic E-state index is 0. The monoisotopic (exact) mass is 334 g/mol. The predicted molar refractivity (Wildman–Crippen MR) is 89.1 cm³/mol. The van der Waals surface area contributed by atoms with E-state index in [1.54, 1.807) is 0 Å². The summed E-state index contributed by atoms with van der Waals surface area (Å²) in [5.41, 5.74) is 8.41. The van der Waals surface area contributed by atoms with Crippen LogP contribution in [-0.4, -0.2) is 15.3 Å². The highest BCUT2D eigenvalue weighted by Crippen LogP contribution is 2.26. The summed E-state index contributed by atoms with van der Waals surface area (Å²) >= 11 is 0. The van der Waals surface area contributed by atoms with E-state index < -0.39 is 0 Å². The van der Waals surface area contributed by atoms with Gasteiger partial charge < -0.3 is 14.8 Å². The zero-order valence-electron chi connectivity index (χ0n) is 13.0. The van der Waals surface area contributed by atoms with Crippen LogP contribution in [-0.2, 0) is 6.54 Å². The quantitative estimate of drug-likeness (QED) is 0.763. The van der Waals surface area contributed by atoms with Gasteiger partial charge in [0, 0.05) is 24.1 Å². The Kier molecular flexibility index (Phi) is 5.52. The molecule has 0 fully saturated rings. The molecular weight excluding hydrogens is 316 g/mol. The summed E-state index contributed by atoms with van der Waals surface area (Å²) in [5.74, 6) is 1.68. The number of nitrogens with zero attached hydrogens (tertiary/aromatic N) is 3. The lowest BCUT2D eigenvalue weighted by atomic mass is 10.1. The van der Waals surface area contributed by atoms with Crippen molar-refractivity contribution in [1.82, 2.24) is 15.3 Å². The van der Waals surface area contributed by atoms with Gasteiger partial charge in [-0.1, -0.05) is 48.4 Å². The lowest BCUT2D eigenvalue weighted by Gasteiger charge is -1.99. The first kappa shape index (κ1) is 17.2. The first-order valence-electron chi connectivity index (χ1n) is 7.31. The van der Waals surface area contributed by atoms with Crippen molar-refractivity contribution in [3.63, 3.8) is 0 Å². The maximum Gasteiger partial charge on any atom is 0.296 e. The second-order valence-corrected chi connectivity index (χ2v) is 5.25. The minimum Gasteiger partial charge on any atom is -0.351 e. The van der Waals surface area contributed by atoms with Gasteiger partial charge in [0.15, 0.2) is 0 Å². The van der Waals surface area contributed by atoms with E-state index in [1.165, 1.54) is 0 Å². The van der Waals surface area contributed by atoms with E-state index in [4.69, 9.17) is 14.8 Å². The predicted octanol–water partition coefficient (Wildman–Crippen LogP) is 3.79. The number of hydrogen-bond donors (Lipinski definition) is 1. The molecular formula is C16H19ClN4O2. The SMILES string of the molecule is CCC(C)c1cc(-c2nc(-c3ccc(CN)cc3)no2)on1.Cl. The van der Waals surface area contributed by atoms with Crippen LogP contribution < -0.4 is 5.73 Å². The third-order valence-electron chi connectivity index (χ3n) is 3.73. The summed E-state index contributed by atoms with van der Waals surface area (Å²) in [6.07, 6.45) is 0.995. The van der Waals surface area contributed by atoms with Crippen molar-refractivity contribution >= 4 is 12.4 Å². The molecule has 122 valence electrons. The van der Waals surface area contributed by atoms with E-state index >= 15 is 0 Å². The zero-order chi connectivity index (χ0) is 15.5. The van der Waals surface area contributed by atoms with Gasteiger partial charge in [0.1, 0.15) is 0 Å². The van der Waals surface area contributed by atoms with Crippen LogP contribution in [0.2, 0.25) is 0 Å². The van der Waals surface area contributed by atoms with Crippen LogP contribution in [0.4, 0.5) is 0 Å². The molecule has 2 aromatic heterocycles. The van der Waals surface area contributed by atoms with E-state index in [-0.39, 0.29) is 12.4 Å². The molecule has 0 radical (unpaired) electrons. The topological polar surface area (TPSA) is 91.0 Å². The van der Waals surface area contributed by atoms with Crippen molar-refractivity contribution in [3.05, 3.63) is 41.6 Å². The molecule has 0 saturated carbocycles. The molecule has 7 heteroatoms. The smallest absolute Gasteiger partial charge is 0.296 e. The molecule has 0 spiro atoms. The Morgan fingerprint density at radius 2 is 1.87 bits per heavy atom. The molecule has 0 aliphatic carbocycles. The first-order valence-corrected chi connectivity index (χ1v) is 7.31. The number of hydrogen-bond acceptors (Lipinski definition) is 6. The lowest BCUT2D eigenvalue weighted by molar-refractivity contribution is 0.379. The van der Waals surface area contributed by atoms with Gasteiger partial charge in [-0.05, 0) is 12.0 Å². The average molecular weight is 335 g/mol. The fraction of sp³-hybridized carbons (Fsp3) is 0.312. The normalized spacial score (nSPS) is 12.0. The average Bonchev–Trinajstić information content (AvgIpc) is 3.23. The van der Waals surface area contributed by atoms with Crippen molar-refractivity contribution in [2.45, 2.75) is 32.7 Å². The van der Waals surface area contributed by atoms with Crippen LogP contribution in [0, 0.1) is 0 Å². The molecule has 6 nitrogen and oxygen atoms in total. The van der Waals surface area contributed by atoms with Crippen LogP contribution in [0.5, 0.6) is 0 Å². The number of aromatic nitrogens is 3. The standard InChI is InChI=1S/C16H18N4O2.ClH/c1-3-10(2)13-8-14(21-19-13)16-18-15(20-22-16)12-6-4-11(9-17)5-7-12;/h4-8,10H,3,9,17H2,1-2H3;1H. The lowest BCUT2D eigenvalue weighted by Crippen LogP contribution is -1.95. The third-order valence-corrected chi connectivity index (χ3v) is 3.73. The van der Waals surface area contributed by atoms with Crippen molar-refractivity contribution in [1.29, 1.82) is 0 Å². The van der Waals surface area contributed by atoms with Crippen molar-refractivity contribution in [2.75, 3.05) is 0 Å². The summed E-state index contributed by atoms with van der Waals surface area (Å²) in [4.78, 5) is 4.36. The molecule has 3 rings (SSSR count). The Bertz CT molecular complexity index is 752. The van der Waals surface area contributed by atoms with E-state index in [0.29, 0.717) is 29.9 Å². The molecule has 23 heavy (non-hydrogen) atoms. The maximum absolute atomic E-state index is 5.59. The number of nitrogens with two attached hydrogens (primary N) is 1. The molecule has 1 atom stereocenters. The van der Waals surface area contributed by atoms with E-state index in [1.807, 2.05) is 30.3 Å². The molecule has 3 aromatic rings. The summed E-state index contributed by atoms with van der Waals surface area (Å²) in [6, 6.07) is 9.58. The van der Waals surface area contributed by atoms with Crippen LogP contribution in [0.3, 0.4) is 0 Å². The number of rotatable bonds is 5. The van der Waals surface area contributed by atoms with Gasteiger partial charge in [-0.15, -0.1) is 12.4 Å². The van der Waals surface area contributed by atoms with E-state index in [9.17, 15) is 0 Å². The summed E-state index contributed by atoms with van der Waals surface area (Å²) in [5, 5.41) is 8.04. The fourth-order valence-electron chi connectivity index (χ4n) is 2.06. The Morgan fingerprint density at radius 1 is 1.13 bits per heavy atom. The second kappa shape index (κ2) is 7.39. The molecule has 2 N–H and O–H groups in total. The highest BCUT2D eigenvalue weighted by atomic mass is 35.5. The Hall–Kier alpha value is -2.18. The summed E-state index contributed by atoms with van der Waals surface area (Å²) in [6.45, 7) is 4.71. The molecule has 0 bridgehead atoms. The summed E-state index contributed by atoms with van der Waals surface area (Å²) in [7, 11) is 0. The highest BCUT2D eigenvalue weighted by molar-refractivity contribution is 5.85. The van der Waals surface area contributed by atoms with Crippen molar-refractivity contribution in [2.24, 2.45) is 5.73 Å². The molecule has 1 unspecified atom stereocenters. The van der Waals surface area contributed by atoms with Gasteiger partial charge >= 0.3 is 0 Å². The van der Waals surface area contributed by atoms with E-state index in [0.717, 1.165) is 23.2 Å². The zero-order valence-corrected chi connectivity index (χ0v) is 13.8. The van der Waals surface area contributed by atoms with Gasteiger partial charge in [0.05, 0.1) is 5.69 Å². The van der Waals surface area contributed by atoms with Crippen molar-refractivity contribution < 1.29 is 9.05 Å². The number of halogens is 1. The molecule has 2 heterocycles. The highest BCUT2D eigenvalue weighted by Gasteiger charge is 2.17. The first-order chi connectivity index (χ1) is 10.7. The summed E-state index contributed by atoms with van der Waals surface area (Å²) < 4.78 is 10.6. The van der Waals surface area contributed by atoms with Gasteiger partial charge in [0.25, 0.3) is 5.89 Å². The largest absolute Gasteiger partial charge is 0.351 e. The van der Waals surface area contributed by atoms with Crippen molar-refractivity contribution in [3.8, 4) is 23.0 Å². The Labute approximate surface area is 140 Å². The molecule has 0 aliphatic heterocycles. The molecule has 1 aromatic carbocycles. The van der Waals surface area contributed by atoms with Crippen LogP contribution in [0.25, 0.3) is 23.0 Å².